The molecule has 0 bridgehead atoms. The van der Waals surface area contributed by atoms with Crippen molar-refractivity contribution in [1.29, 1.82) is 0 Å². The molecule has 3 N–H and O–H groups in total. The van der Waals surface area contributed by atoms with Crippen LogP contribution in [0.2, 0.25) is 0 Å². The Hall–Kier alpha value is -0.750. The Morgan fingerprint density at radius 3 is 2.57 bits per heavy atom. The number of rotatable bonds is 10. The van der Waals surface area contributed by atoms with Crippen LogP contribution in [0.4, 0.5) is 0 Å². The number of piperidine rings is 1. The molecule has 1 heterocycles. The van der Waals surface area contributed by atoms with E-state index in [-0.39, 0.29) is 31.4 Å². The first-order valence-corrected chi connectivity index (χ1v) is 8.98. The summed E-state index contributed by atoms with van der Waals surface area (Å²) in [7, 11) is 0. The molecule has 0 radical (unpaired) electrons. The van der Waals surface area contributed by atoms with Crippen molar-refractivity contribution in [3.63, 3.8) is 0 Å². The van der Waals surface area contributed by atoms with Gasteiger partial charge in [-0.05, 0) is 38.6 Å². The van der Waals surface area contributed by atoms with E-state index in [1.54, 1.807) is 4.90 Å². The van der Waals surface area contributed by atoms with Crippen LogP contribution in [-0.2, 0) is 9.59 Å². The van der Waals surface area contributed by atoms with Crippen LogP contribution in [0, 0.1) is 0 Å². The van der Waals surface area contributed by atoms with Crippen LogP contribution in [0.1, 0.15) is 71.1 Å². The largest absolute Gasteiger partial charge is 0.354 e. The second kappa shape index (κ2) is 13.7. The highest BCUT2D eigenvalue weighted by Crippen LogP contribution is 2.19. The van der Waals surface area contributed by atoms with E-state index < -0.39 is 0 Å². The van der Waals surface area contributed by atoms with Crippen LogP contribution in [-0.4, -0.2) is 42.4 Å². The lowest BCUT2D eigenvalue weighted by Gasteiger charge is -2.34. The molecular formula is C17H35N3O2S. The molecule has 1 fully saturated rings. The lowest BCUT2D eigenvalue weighted by Crippen LogP contribution is -2.52. The van der Waals surface area contributed by atoms with Crippen molar-refractivity contribution in [2.75, 3.05) is 19.6 Å². The van der Waals surface area contributed by atoms with Crippen molar-refractivity contribution in [3.8, 4) is 0 Å². The summed E-state index contributed by atoms with van der Waals surface area (Å²) in [6, 6.07) is -0.269. The lowest BCUT2D eigenvalue weighted by molar-refractivity contribution is -0.142. The molecule has 1 saturated heterocycles. The van der Waals surface area contributed by atoms with Crippen LogP contribution in [0.15, 0.2) is 0 Å². The van der Waals surface area contributed by atoms with Gasteiger partial charge in [0.05, 0.1) is 0 Å². The maximum atomic E-state index is 12.4. The minimum Gasteiger partial charge on any atom is -0.354 e. The number of nitrogens with one attached hydrogen (secondary N) is 1. The standard InChI is InChI=1S/C17H33N3O2.H2S/c1-2-3-4-5-6-11-16(21)20-14-8-7-10-15(20)17(22)19-13-9-12-18;/h15H,2-14,18H2,1H3,(H,19,22);1H2. The van der Waals surface area contributed by atoms with E-state index in [1.165, 1.54) is 19.3 Å². The molecule has 1 aliphatic rings. The molecule has 136 valence electrons. The predicted molar refractivity (Wildman–Crippen MR) is 99.8 cm³/mol. The Labute approximate surface area is 148 Å². The van der Waals surface area contributed by atoms with Crippen molar-refractivity contribution in [2.45, 2.75) is 77.2 Å². The third-order valence-electron chi connectivity index (χ3n) is 4.30. The smallest absolute Gasteiger partial charge is 0.242 e. The summed E-state index contributed by atoms with van der Waals surface area (Å²) in [6.07, 6.45) is 9.89. The summed E-state index contributed by atoms with van der Waals surface area (Å²) >= 11 is 0. The summed E-state index contributed by atoms with van der Waals surface area (Å²) < 4.78 is 0. The fourth-order valence-corrected chi connectivity index (χ4v) is 2.96. The molecule has 0 aliphatic carbocycles. The topological polar surface area (TPSA) is 75.4 Å². The Balaban J connectivity index is 0.00000484. The fourth-order valence-electron chi connectivity index (χ4n) is 2.96. The molecule has 2 amide bonds. The number of carbonyl (C=O) groups excluding carboxylic acids is 2. The zero-order valence-electron chi connectivity index (χ0n) is 14.6. The number of nitrogens with two attached hydrogens (primary N) is 1. The number of amides is 2. The Morgan fingerprint density at radius 2 is 1.87 bits per heavy atom. The third kappa shape index (κ3) is 8.61. The van der Waals surface area contributed by atoms with Gasteiger partial charge in [0.25, 0.3) is 0 Å². The molecule has 6 heteroatoms. The predicted octanol–water partition coefficient (Wildman–Crippen LogP) is 2.31. The lowest BCUT2D eigenvalue weighted by atomic mass is 10.00. The van der Waals surface area contributed by atoms with Crippen LogP contribution in [0.25, 0.3) is 0 Å². The van der Waals surface area contributed by atoms with Crippen LogP contribution in [0.3, 0.4) is 0 Å². The molecule has 0 saturated carbocycles. The van der Waals surface area contributed by atoms with E-state index in [0.717, 1.165) is 45.1 Å². The Kier molecular flexibility index (Phi) is 13.2. The minimum atomic E-state index is -0.269. The summed E-state index contributed by atoms with van der Waals surface area (Å²) in [5.74, 6) is 0.141. The summed E-state index contributed by atoms with van der Waals surface area (Å²) in [5.41, 5.74) is 5.44. The summed E-state index contributed by atoms with van der Waals surface area (Å²) in [4.78, 5) is 26.5. The average Bonchev–Trinajstić information content (AvgIpc) is 2.54. The minimum absolute atomic E-state index is 0. The van der Waals surface area contributed by atoms with E-state index in [0.29, 0.717) is 19.5 Å². The van der Waals surface area contributed by atoms with E-state index in [1.807, 2.05) is 0 Å². The quantitative estimate of drug-likeness (QED) is 0.597. The highest BCUT2D eigenvalue weighted by atomic mass is 32.1. The van der Waals surface area contributed by atoms with E-state index in [9.17, 15) is 9.59 Å². The second-order valence-electron chi connectivity index (χ2n) is 6.20. The molecule has 0 aromatic carbocycles. The molecule has 0 aromatic rings. The summed E-state index contributed by atoms with van der Waals surface area (Å²) in [6.45, 7) is 4.09. The first-order valence-electron chi connectivity index (χ1n) is 8.98. The van der Waals surface area contributed by atoms with E-state index in [4.69, 9.17) is 5.73 Å². The van der Waals surface area contributed by atoms with Crippen molar-refractivity contribution in [2.24, 2.45) is 5.73 Å². The van der Waals surface area contributed by atoms with Gasteiger partial charge in [-0.25, -0.2) is 0 Å². The number of unbranched alkanes of at least 4 members (excludes halogenated alkanes) is 4. The van der Waals surface area contributed by atoms with Crippen molar-refractivity contribution >= 4 is 25.3 Å². The van der Waals surface area contributed by atoms with E-state index in [2.05, 4.69) is 12.2 Å². The van der Waals surface area contributed by atoms with Crippen LogP contribution in [0.5, 0.6) is 0 Å². The molecule has 0 spiro atoms. The van der Waals surface area contributed by atoms with Crippen molar-refractivity contribution in [3.05, 3.63) is 0 Å². The highest BCUT2D eigenvalue weighted by Gasteiger charge is 2.31. The maximum Gasteiger partial charge on any atom is 0.242 e. The number of carbonyl (C=O) groups is 2. The Bertz CT molecular complexity index is 340. The zero-order valence-corrected chi connectivity index (χ0v) is 15.6. The molecule has 1 atom stereocenters. The summed E-state index contributed by atoms with van der Waals surface area (Å²) in [5, 5.41) is 2.91. The van der Waals surface area contributed by atoms with Gasteiger partial charge in [0.15, 0.2) is 0 Å². The zero-order chi connectivity index (χ0) is 16.2. The molecule has 0 aromatic heterocycles. The molecule has 1 aliphatic heterocycles. The molecule has 23 heavy (non-hydrogen) atoms. The van der Waals surface area contributed by atoms with Gasteiger partial charge in [0.1, 0.15) is 6.04 Å². The maximum absolute atomic E-state index is 12.4. The monoisotopic (exact) mass is 345 g/mol. The van der Waals surface area contributed by atoms with Gasteiger partial charge in [-0.3, -0.25) is 9.59 Å². The van der Waals surface area contributed by atoms with Gasteiger partial charge in [0, 0.05) is 19.5 Å². The number of nitrogens with zero attached hydrogens (tertiary/aromatic N) is 1. The van der Waals surface area contributed by atoms with Crippen molar-refractivity contribution in [1.82, 2.24) is 10.2 Å². The van der Waals surface area contributed by atoms with Gasteiger partial charge in [0.2, 0.25) is 11.8 Å². The molecular weight excluding hydrogens is 310 g/mol. The average molecular weight is 346 g/mol. The number of hydrogen-bond donors (Lipinski definition) is 2. The number of hydrogen-bond acceptors (Lipinski definition) is 3. The van der Waals surface area contributed by atoms with Gasteiger partial charge in [-0.1, -0.05) is 32.6 Å². The molecule has 5 nitrogen and oxygen atoms in total. The first-order chi connectivity index (χ1) is 10.7. The number of likely N-dealkylation sites (tertiary alicyclic amines) is 1. The Morgan fingerprint density at radius 1 is 1.13 bits per heavy atom. The fraction of sp³-hybridized carbons (Fsp3) is 0.882. The van der Waals surface area contributed by atoms with Crippen molar-refractivity contribution < 1.29 is 9.59 Å². The van der Waals surface area contributed by atoms with Gasteiger partial charge < -0.3 is 16.0 Å². The molecule has 1 rings (SSSR count). The van der Waals surface area contributed by atoms with Gasteiger partial charge in [-0.2, -0.15) is 13.5 Å². The first kappa shape index (κ1) is 22.2. The van der Waals surface area contributed by atoms with E-state index >= 15 is 0 Å². The van der Waals surface area contributed by atoms with Gasteiger partial charge >= 0.3 is 0 Å². The normalized spacial score (nSPS) is 17.5. The SMILES string of the molecule is CCCCCCCC(=O)N1CCCCC1C(=O)NCCCN.S. The third-order valence-corrected chi connectivity index (χ3v) is 4.30. The van der Waals surface area contributed by atoms with Crippen LogP contribution < -0.4 is 11.1 Å². The second-order valence-corrected chi connectivity index (χ2v) is 6.20. The molecule has 1 unspecified atom stereocenters. The van der Waals surface area contributed by atoms with Gasteiger partial charge in [-0.15, -0.1) is 0 Å². The highest BCUT2D eigenvalue weighted by molar-refractivity contribution is 7.59. The van der Waals surface area contributed by atoms with Crippen LogP contribution >= 0.6 is 13.5 Å².